The maximum Gasteiger partial charge on any atom is 0.271 e. The van der Waals surface area contributed by atoms with Crippen molar-refractivity contribution < 1.29 is 18.7 Å². The number of benzene rings is 3. The van der Waals surface area contributed by atoms with E-state index in [4.69, 9.17) is 9.47 Å². The fraction of sp³-hybridized carbons (Fsp3) is 0.0909. The number of hydrogen-bond acceptors (Lipinski definition) is 4. The number of hydrogen-bond donors (Lipinski definition) is 1. The van der Waals surface area contributed by atoms with Crippen LogP contribution in [-0.4, -0.2) is 19.2 Å². The lowest BCUT2D eigenvalue weighted by molar-refractivity contribution is 0.0955. The summed E-state index contributed by atoms with van der Waals surface area (Å²) in [6.07, 6.45) is 1.51. The summed E-state index contributed by atoms with van der Waals surface area (Å²) in [5.41, 5.74) is 4.50. The number of carbonyl (C=O) groups excluding carboxylic acids is 1. The molecule has 154 valence electrons. The summed E-state index contributed by atoms with van der Waals surface area (Å²) >= 11 is 6.80. The van der Waals surface area contributed by atoms with Crippen LogP contribution >= 0.6 is 31.9 Å². The number of rotatable bonds is 7. The molecule has 0 aliphatic rings. The van der Waals surface area contributed by atoms with Gasteiger partial charge in [-0.15, -0.1) is 0 Å². The van der Waals surface area contributed by atoms with E-state index in [-0.39, 0.29) is 18.3 Å². The zero-order valence-corrected chi connectivity index (χ0v) is 19.0. The van der Waals surface area contributed by atoms with E-state index < -0.39 is 0 Å². The Morgan fingerprint density at radius 3 is 2.60 bits per heavy atom. The summed E-state index contributed by atoms with van der Waals surface area (Å²) in [5, 5.41) is 4.00. The van der Waals surface area contributed by atoms with E-state index in [1.54, 1.807) is 42.5 Å². The largest absolute Gasteiger partial charge is 0.493 e. The summed E-state index contributed by atoms with van der Waals surface area (Å²) in [6, 6.07) is 16.6. The molecule has 8 heteroatoms. The molecule has 1 amide bonds. The maximum atomic E-state index is 13.0. The third kappa shape index (κ3) is 5.90. The Bertz CT molecular complexity index is 1070. The predicted octanol–water partition coefficient (Wildman–Crippen LogP) is 5.70. The molecular formula is C22H17Br2FN2O3. The minimum absolute atomic E-state index is 0.255. The Kier molecular flexibility index (Phi) is 7.59. The van der Waals surface area contributed by atoms with Crippen LogP contribution in [0, 0.1) is 5.82 Å². The molecule has 1 N–H and O–H groups in total. The van der Waals surface area contributed by atoms with E-state index >= 15 is 0 Å². The minimum atomic E-state index is -0.321. The fourth-order valence-electron chi connectivity index (χ4n) is 2.55. The molecule has 0 aliphatic carbocycles. The molecule has 0 radical (unpaired) electrons. The zero-order chi connectivity index (χ0) is 21.5. The zero-order valence-electron chi connectivity index (χ0n) is 15.9. The van der Waals surface area contributed by atoms with Gasteiger partial charge >= 0.3 is 0 Å². The van der Waals surface area contributed by atoms with Crippen LogP contribution in [0.3, 0.4) is 0 Å². The van der Waals surface area contributed by atoms with Crippen LogP contribution in [0.5, 0.6) is 11.5 Å². The predicted molar refractivity (Wildman–Crippen MR) is 121 cm³/mol. The highest BCUT2D eigenvalue weighted by Gasteiger charge is 2.12. The van der Waals surface area contributed by atoms with Crippen LogP contribution in [-0.2, 0) is 6.61 Å². The smallest absolute Gasteiger partial charge is 0.271 e. The highest BCUT2D eigenvalue weighted by Crippen LogP contribution is 2.36. The number of ether oxygens (including phenoxy) is 2. The number of nitrogens with zero attached hydrogens (tertiary/aromatic N) is 1. The Balaban J connectivity index is 1.69. The number of hydrazone groups is 1. The molecule has 0 aromatic heterocycles. The molecule has 30 heavy (non-hydrogen) atoms. The number of nitrogens with one attached hydrogen (secondary N) is 1. The number of methoxy groups -OCH3 is 1. The van der Waals surface area contributed by atoms with Gasteiger partial charge in [0.1, 0.15) is 12.4 Å². The number of amides is 1. The lowest BCUT2D eigenvalue weighted by Gasteiger charge is -2.13. The van der Waals surface area contributed by atoms with E-state index in [1.807, 2.05) is 6.07 Å². The van der Waals surface area contributed by atoms with Crippen molar-refractivity contribution in [2.75, 3.05) is 7.11 Å². The Morgan fingerprint density at radius 2 is 1.90 bits per heavy atom. The van der Waals surface area contributed by atoms with E-state index in [1.165, 1.54) is 25.5 Å². The van der Waals surface area contributed by atoms with E-state index in [9.17, 15) is 9.18 Å². The summed E-state index contributed by atoms with van der Waals surface area (Å²) in [7, 11) is 1.53. The van der Waals surface area contributed by atoms with E-state index in [0.717, 1.165) is 10.0 Å². The number of halogens is 3. The third-order valence-corrected chi connectivity index (χ3v) is 5.10. The average molecular weight is 536 g/mol. The lowest BCUT2D eigenvalue weighted by Crippen LogP contribution is -2.17. The number of carbonyl (C=O) groups is 1. The normalized spacial score (nSPS) is 10.8. The van der Waals surface area contributed by atoms with Gasteiger partial charge in [-0.25, -0.2) is 9.82 Å². The van der Waals surface area contributed by atoms with Gasteiger partial charge in [-0.2, -0.15) is 5.10 Å². The Labute approximate surface area is 190 Å². The first kappa shape index (κ1) is 22.0. The van der Waals surface area contributed by atoms with Crippen molar-refractivity contribution in [3.05, 3.63) is 92.1 Å². The van der Waals surface area contributed by atoms with Gasteiger partial charge in [-0.05, 0) is 69.5 Å². The molecule has 3 aromatic rings. The van der Waals surface area contributed by atoms with Crippen molar-refractivity contribution in [2.24, 2.45) is 5.10 Å². The van der Waals surface area contributed by atoms with Gasteiger partial charge < -0.3 is 9.47 Å². The second-order valence-electron chi connectivity index (χ2n) is 6.16. The maximum absolute atomic E-state index is 13.0. The van der Waals surface area contributed by atoms with Crippen LogP contribution in [0.2, 0.25) is 0 Å². The van der Waals surface area contributed by atoms with Crippen molar-refractivity contribution in [3.8, 4) is 11.5 Å². The summed E-state index contributed by atoms with van der Waals surface area (Å²) in [5.74, 6) is 0.384. The minimum Gasteiger partial charge on any atom is -0.493 e. The third-order valence-electron chi connectivity index (χ3n) is 4.01. The van der Waals surface area contributed by atoms with Crippen LogP contribution in [0.4, 0.5) is 4.39 Å². The molecule has 0 unspecified atom stereocenters. The molecule has 3 aromatic carbocycles. The van der Waals surface area contributed by atoms with Gasteiger partial charge in [0.15, 0.2) is 11.5 Å². The molecule has 3 rings (SSSR count). The van der Waals surface area contributed by atoms with Crippen molar-refractivity contribution >= 4 is 44.0 Å². The highest BCUT2D eigenvalue weighted by atomic mass is 79.9. The van der Waals surface area contributed by atoms with Gasteiger partial charge in [0.2, 0.25) is 0 Å². The molecule has 0 bridgehead atoms. The van der Waals surface area contributed by atoms with E-state index in [2.05, 4.69) is 42.4 Å². The van der Waals surface area contributed by atoms with Crippen LogP contribution < -0.4 is 14.9 Å². The molecule has 0 atom stereocenters. The molecule has 0 saturated heterocycles. The first-order valence-corrected chi connectivity index (χ1v) is 10.4. The van der Waals surface area contributed by atoms with Gasteiger partial charge in [0.05, 0.1) is 17.8 Å². The van der Waals surface area contributed by atoms with Crippen LogP contribution in [0.1, 0.15) is 21.5 Å². The molecular weight excluding hydrogens is 519 g/mol. The SMILES string of the molecule is COc1cc(/C=N\NC(=O)c2cccc(Br)c2)cc(Br)c1OCc1ccc(F)cc1. The molecule has 5 nitrogen and oxygen atoms in total. The van der Waals surface area contributed by atoms with Crippen LogP contribution in [0.25, 0.3) is 0 Å². The topological polar surface area (TPSA) is 59.9 Å². The quantitative estimate of drug-likeness (QED) is 0.312. The second-order valence-corrected chi connectivity index (χ2v) is 7.93. The highest BCUT2D eigenvalue weighted by molar-refractivity contribution is 9.10. The molecule has 0 aliphatic heterocycles. The standard InChI is InChI=1S/C22H17Br2FN2O3/c1-29-20-10-15(12-26-27-22(28)16-3-2-4-17(23)11-16)9-19(24)21(20)30-13-14-5-7-18(25)8-6-14/h2-12H,13H2,1H3,(H,27,28)/b26-12-. The summed E-state index contributed by atoms with van der Waals surface area (Å²) in [4.78, 5) is 12.1. The first-order chi connectivity index (χ1) is 14.5. The summed E-state index contributed by atoms with van der Waals surface area (Å²) < 4.78 is 25.8. The van der Waals surface area contributed by atoms with Crippen molar-refractivity contribution in [1.29, 1.82) is 0 Å². The average Bonchev–Trinajstić information content (AvgIpc) is 2.73. The van der Waals surface area contributed by atoms with Gasteiger partial charge in [-0.1, -0.05) is 34.1 Å². The molecule has 0 fully saturated rings. The van der Waals surface area contributed by atoms with E-state index in [0.29, 0.717) is 27.1 Å². The lowest BCUT2D eigenvalue weighted by atomic mass is 10.2. The summed E-state index contributed by atoms with van der Waals surface area (Å²) in [6.45, 7) is 0.255. The second kappa shape index (κ2) is 10.4. The van der Waals surface area contributed by atoms with Crippen LogP contribution in [0.15, 0.2) is 74.7 Å². The Morgan fingerprint density at radius 1 is 1.13 bits per heavy atom. The monoisotopic (exact) mass is 534 g/mol. The van der Waals surface area contributed by atoms with Crippen molar-refractivity contribution in [3.63, 3.8) is 0 Å². The first-order valence-electron chi connectivity index (χ1n) is 8.80. The van der Waals surface area contributed by atoms with Gasteiger partial charge in [-0.3, -0.25) is 4.79 Å². The molecule has 0 heterocycles. The molecule has 0 saturated carbocycles. The Hall–Kier alpha value is -2.71. The van der Waals surface area contributed by atoms with Gasteiger partial charge in [0, 0.05) is 10.0 Å². The molecule has 0 spiro atoms. The van der Waals surface area contributed by atoms with Crippen molar-refractivity contribution in [2.45, 2.75) is 6.61 Å². The fourth-order valence-corrected chi connectivity index (χ4v) is 3.52. The van der Waals surface area contributed by atoms with Gasteiger partial charge in [0.25, 0.3) is 5.91 Å². The van der Waals surface area contributed by atoms with Crippen molar-refractivity contribution in [1.82, 2.24) is 5.43 Å².